The van der Waals surface area contributed by atoms with Crippen LogP contribution < -0.4 is 14.4 Å². The minimum absolute atomic E-state index is 0.0547. The Balaban J connectivity index is 1.75. The van der Waals surface area contributed by atoms with Crippen LogP contribution in [0.3, 0.4) is 0 Å². The number of carbonyl (C=O) groups is 1. The predicted octanol–water partition coefficient (Wildman–Crippen LogP) is 6.15. The number of likely N-dealkylation sites (N-methyl/N-ethyl adjacent to an activating group) is 1. The largest absolute Gasteiger partial charge is 0.484 e. The zero-order valence-electron chi connectivity index (χ0n) is 18.6. The first kappa shape index (κ1) is 26.6. The molecule has 0 aromatic heterocycles. The fourth-order valence-electron chi connectivity index (χ4n) is 3.14. The minimum Gasteiger partial charge on any atom is -0.484 e. The van der Waals surface area contributed by atoms with Crippen LogP contribution >= 0.6 is 34.8 Å². The number of benzene rings is 3. The van der Waals surface area contributed by atoms with Gasteiger partial charge in [-0.25, -0.2) is 8.42 Å². The normalized spacial score (nSPS) is 11.0. The Hall–Kier alpha value is -2.96. The van der Waals surface area contributed by atoms with E-state index in [1.807, 2.05) is 6.07 Å². The number of amides is 1. The van der Waals surface area contributed by atoms with Gasteiger partial charge >= 0.3 is 0 Å². The summed E-state index contributed by atoms with van der Waals surface area (Å²) in [5.41, 5.74) is 0.694. The molecule has 0 unspecified atom stereocenters. The van der Waals surface area contributed by atoms with Gasteiger partial charge in [0.15, 0.2) is 16.4 Å². The van der Waals surface area contributed by atoms with Crippen LogP contribution in [0.5, 0.6) is 17.2 Å². The summed E-state index contributed by atoms with van der Waals surface area (Å²) < 4.78 is 34.9. The summed E-state index contributed by atoms with van der Waals surface area (Å²) in [7, 11) is -3.44. The third-order valence-electron chi connectivity index (χ3n) is 4.70. The van der Waals surface area contributed by atoms with E-state index in [0.29, 0.717) is 32.8 Å². The Kier molecular flexibility index (Phi) is 8.51. The number of hydrogen-bond acceptors (Lipinski definition) is 6. The van der Waals surface area contributed by atoms with Gasteiger partial charge in [-0.05, 0) is 55.5 Å². The van der Waals surface area contributed by atoms with E-state index in [9.17, 15) is 13.2 Å². The molecule has 3 rings (SSSR count). The molecule has 0 heterocycles. The van der Waals surface area contributed by atoms with Crippen LogP contribution in [0.25, 0.3) is 0 Å². The van der Waals surface area contributed by atoms with Gasteiger partial charge in [0.2, 0.25) is 0 Å². The molecule has 182 valence electrons. The summed E-state index contributed by atoms with van der Waals surface area (Å²) in [5, 5.41) is 9.87. The summed E-state index contributed by atoms with van der Waals surface area (Å²) in [6, 6.07) is 15.3. The number of hydrogen-bond donors (Lipinski definition) is 0. The quantitative estimate of drug-likeness (QED) is 0.332. The van der Waals surface area contributed by atoms with Crippen LogP contribution in [0, 0.1) is 11.3 Å². The summed E-state index contributed by atoms with van der Waals surface area (Å²) in [5.74, 6) is 0.524. The maximum absolute atomic E-state index is 12.9. The zero-order chi connectivity index (χ0) is 25.8. The van der Waals surface area contributed by atoms with E-state index in [2.05, 4.69) is 0 Å². The first-order valence-electron chi connectivity index (χ1n) is 10.1. The molecule has 3 aromatic rings. The molecule has 0 aliphatic rings. The summed E-state index contributed by atoms with van der Waals surface area (Å²) in [6.07, 6.45) is 1.08. The van der Waals surface area contributed by atoms with Gasteiger partial charge in [0, 0.05) is 28.9 Å². The lowest BCUT2D eigenvalue weighted by Crippen LogP contribution is -2.35. The molecule has 0 saturated heterocycles. The number of nitrogens with zero attached hydrogens (tertiary/aromatic N) is 2. The summed E-state index contributed by atoms with van der Waals surface area (Å²) in [6.45, 7) is 1.69. The number of rotatable bonds is 8. The Bertz CT molecular complexity index is 1420. The second-order valence-electron chi connectivity index (χ2n) is 7.32. The Morgan fingerprint density at radius 3 is 2.20 bits per heavy atom. The molecule has 0 bridgehead atoms. The average molecular weight is 554 g/mol. The van der Waals surface area contributed by atoms with E-state index >= 15 is 0 Å². The first-order valence-corrected chi connectivity index (χ1v) is 13.1. The number of halogens is 3. The van der Waals surface area contributed by atoms with Crippen LogP contribution in [0.1, 0.15) is 12.5 Å². The SMILES string of the molecule is CCN(C(=O)COc1cc(Cl)cc(Oc2cc(Cl)cc(C#N)c2)c1)c1ccc(S(C)(=O)=O)cc1Cl. The molecule has 0 spiro atoms. The van der Waals surface area contributed by atoms with E-state index in [4.69, 9.17) is 49.5 Å². The molecule has 11 heteroatoms. The van der Waals surface area contributed by atoms with Crippen LogP contribution in [0.4, 0.5) is 5.69 Å². The van der Waals surface area contributed by atoms with Crippen molar-refractivity contribution in [3.05, 3.63) is 75.2 Å². The highest BCUT2D eigenvalue weighted by Gasteiger charge is 2.19. The number of sulfone groups is 1. The lowest BCUT2D eigenvalue weighted by Gasteiger charge is -2.22. The average Bonchev–Trinajstić information content (AvgIpc) is 2.77. The maximum Gasteiger partial charge on any atom is 0.264 e. The van der Waals surface area contributed by atoms with Crippen molar-refractivity contribution < 1.29 is 22.7 Å². The predicted molar refractivity (Wildman–Crippen MR) is 136 cm³/mol. The highest BCUT2D eigenvalue weighted by atomic mass is 35.5. The van der Waals surface area contributed by atoms with Crippen LogP contribution in [-0.2, 0) is 14.6 Å². The first-order chi connectivity index (χ1) is 16.5. The second kappa shape index (κ2) is 11.2. The molecule has 7 nitrogen and oxygen atoms in total. The van der Waals surface area contributed by atoms with Gasteiger partial charge in [0.05, 0.1) is 27.2 Å². The van der Waals surface area contributed by atoms with Crippen molar-refractivity contribution in [1.29, 1.82) is 5.26 Å². The molecule has 1 amide bonds. The molecule has 0 radical (unpaired) electrons. The van der Waals surface area contributed by atoms with Crippen LogP contribution in [0.15, 0.2) is 59.5 Å². The molecular weight excluding hydrogens is 535 g/mol. The Labute approximate surface area is 218 Å². The van der Waals surface area contributed by atoms with Gasteiger partial charge in [-0.2, -0.15) is 5.26 Å². The Morgan fingerprint density at radius 2 is 1.60 bits per heavy atom. The van der Waals surface area contributed by atoms with E-state index in [1.54, 1.807) is 19.1 Å². The standard InChI is InChI=1S/C24H19Cl3N2O5S/c1-3-29(23-5-4-21(12-22(23)27)35(2,31)32)24(30)14-33-18-8-17(26)10-20(11-18)34-19-7-15(13-28)6-16(25)9-19/h4-12H,3,14H2,1-2H3. The number of carbonyl (C=O) groups excluding carboxylic acids is 1. The maximum atomic E-state index is 12.9. The van der Waals surface area contributed by atoms with Crippen molar-refractivity contribution >= 4 is 56.2 Å². The number of nitriles is 1. The van der Waals surface area contributed by atoms with Crippen molar-refractivity contribution in [2.75, 3.05) is 24.3 Å². The third-order valence-corrected chi connectivity index (χ3v) is 6.55. The van der Waals surface area contributed by atoms with Gasteiger partial charge < -0.3 is 14.4 Å². The third kappa shape index (κ3) is 7.03. The Morgan fingerprint density at radius 1 is 0.971 bits per heavy atom. The molecule has 0 saturated carbocycles. The molecule has 0 fully saturated rings. The summed E-state index contributed by atoms with van der Waals surface area (Å²) >= 11 is 18.5. The lowest BCUT2D eigenvalue weighted by atomic mass is 10.2. The highest BCUT2D eigenvalue weighted by molar-refractivity contribution is 7.90. The zero-order valence-corrected chi connectivity index (χ0v) is 21.7. The van der Waals surface area contributed by atoms with Gasteiger partial charge in [-0.3, -0.25) is 4.79 Å². The van der Waals surface area contributed by atoms with Gasteiger partial charge in [0.25, 0.3) is 5.91 Å². The lowest BCUT2D eigenvalue weighted by molar-refractivity contribution is -0.120. The molecule has 35 heavy (non-hydrogen) atoms. The number of ether oxygens (including phenoxy) is 2. The van der Waals surface area contributed by atoms with Crippen LogP contribution in [0.2, 0.25) is 15.1 Å². The molecular formula is C24H19Cl3N2O5S. The minimum atomic E-state index is -3.44. The molecule has 0 aliphatic carbocycles. The van der Waals surface area contributed by atoms with E-state index < -0.39 is 15.7 Å². The van der Waals surface area contributed by atoms with Gasteiger partial charge in [-0.1, -0.05) is 34.8 Å². The van der Waals surface area contributed by atoms with E-state index in [-0.39, 0.29) is 28.8 Å². The molecule has 0 atom stereocenters. The van der Waals surface area contributed by atoms with Crippen LogP contribution in [-0.4, -0.2) is 33.7 Å². The van der Waals surface area contributed by atoms with Gasteiger partial charge in [-0.15, -0.1) is 0 Å². The monoisotopic (exact) mass is 552 g/mol. The van der Waals surface area contributed by atoms with Crippen molar-refractivity contribution in [2.24, 2.45) is 0 Å². The summed E-state index contributed by atoms with van der Waals surface area (Å²) in [4.78, 5) is 14.3. The van der Waals surface area contributed by atoms with Crippen molar-refractivity contribution in [1.82, 2.24) is 0 Å². The molecule has 0 aliphatic heterocycles. The second-order valence-corrected chi connectivity index (χ2v) is 10.6. The van der Waals surface area contributed by atoms with Crippen molar-refractivity contribution in [3.8, 4) is 23.3 Å². The van der Waals surface area contributed by atoms with Gasteiger partial charge in [0.1, 0.15) is 17.2 Å². The highest BCUT2D eigenvalue weighted by Crippen LogP contribution is 2.32. The number of anilines is 1. The fraction of sp³-hybridized carbons (Fsp3) is 0.167. The van der Waals surface area contributed by atoms with Crippen molar-refractivity contribution in [3.63, 3.8) is 0 Å². The van der Waals surface area contributed by atoms with E-state index in [0.717, 1.165) is 6.26 Å². The smallest absolute Gasteiger partial charge is 0.264 e. The fourth-order valence-corrected chi connectivity index (χ4v) is 4.58. The van der Waals surface area contributed by atoms with E-state index in [1.165, 1.54) is 47.4 Å². The molecule has 0 N–H and O–H groups in total. The molecule has 3 aromatic carbocycles. The topological polar surface area (TPSA) is 96.7 Å². The van der Waals surface area contributed by atoms with Crippen molar-refractivity contribution in [2.45, 2.75) is 11.8 Å².